The second kappa shape index (κ2) is 4.25. The van der Waals surface area contributed by atoms with E-state index in [0.29, 0.717) is 5.28 Å². The fourth-order valence-corrected chi connectivity index (χ4v) is 2.12. The highest BCUT2D eigenvalue weighted by molar-refractivity contribution is 6.62. The summed E-state index contributed by atoms with van der Waals surface area (Å²) in [5, 5.41) is 0.341. The first kappa shape index (κ1) is 13.9. The Morgan fingerprint density at radius 1 is 0.812 bits per heavy atom. The molecule has 0 aliphatic carbocycles. The number of aromatic nitrogens is 2. The number of rotatable bonds is 2. The molecule has 2 nitrogen and oxygen atoms in total. The second-order valence-electron chi connectivity index (χ2n) is 6.31. The van der Waals surface area contributed by atoms with Gasteiger partial charge in [-0.2, -0.15) is 0 Å². The molecule has 0 aromatic carbocycles. The maximum Gasteiger partial charge on any atom is 0.222 e. The van der Waals surface area contributed by atoms with Crippen molar-refractivity contribution in [2.45, 2.75) is 10.2 Å². The monoisotopic (exact) mass is 226 g/mol. The van der Waals surface area contributed by atoms with E-state index < -0.39 is 0 Å². The summed E-state index contributed by atoms with van der Waals surface area (Å²) in [6.07, 6.45) is 0. The fraction of sp³-hybridized carbons (Fsp3) is 0.333. The van der Waals surface area contributed by atoms with Crippen LogP contribution in [0.5, 0.6) is 0 Å². The van der Waals surface area contributed by atoms with Crippen LogP contribution in [0.4, 0.5) is 0 Å². The fourth-order valence-electron chi connectivity index (χ4n) is 1.95. The van der Waals surface area contributed by atoms with Crippen molar-refractivity contribution >= 4 is 72.0 Å². The molecule has 0 fully saturated rings. The summed E-state index contributed by atoms with van der Waals surface area (Å²) in [6.45, 7) is 0. The Morgan fingerprint density at radius 2 is 1.12 bits per heavy atom. The van der Waals surface area contributed by atoms with Crippen LogP contribution in [0.2, 0.25) is 5.28 Å². The first-order chi connectivity index (χ1) is 7.03. The average Bonchev–Trinajstić information content (AvgIpc) is 2.04. The molecule has 16 heavy (non-hydrogen) atoms. The molecule has 1 aromatic heterocycles. The lowest BCUT2D eigenvalue weighted by Crippen LogP contribution is -2.42. The molecule has 1 heterocycles. The summed E-state index contributed by atoms with van der Waals surface area (Å²) >= 11 is 6.01. The first-order valence-corrected chi connectivity index (χ1v) is 5.96. The minimum atomic E-state index is -0.00331. The molecule has 0 unspecified atom stereocenters. The summed E-state index contributed by atoms with van der Waals surface area (Å²) in [7, 11) is 14.9. The Balaban J connectivity index is 3.51. The SMILES string of the molecule is Bc1c(C(B)(B)B)nc(Cl)nc1C(B)(B)B. The maximum atomic E-state index is 6.01. The molecule has 0 aliphatic rings. The molecule has 0 N–H and O–H groups in total. The van der Waals surface area contributed by atoms with Gasteiger partial charge in [0.15, 0.2) is 0 Å². The van der Waals surface area contributed by atoms with Crippen molar-refractivity contribution in [3.63, 3.8) is 0 Å². The number of nitrogens with zero attached hydrogens (tertiary/aromatic N) is 2. The molecule has 0 amide bonds. The molecule has 1 aromatic rings. The van der Waals surface area contributed by atoms with E-state index in [2.05, 4.69) is 64.9 Å². The molecule has 0 radical (unpaired) electrons. The Kier molecular flexibility index (Phi) is 3.69. The topological polar surface area (TPSA) is 25.8 Å². The standard InChI is InChI=1S/C6H14B7ClN2/c7-1-2(5(8,9)10)15-4(14)16-3(1)6(11,12)13/h7-13H2. The number of halogens is 1. The quantitative estimate of drug-likeness (QED) is 0.369. The summed E-state index contributed by atoms with van der Waals surface area (Å²) in [6, 6.07) is 0. The molecule has 0 bridgehead atoms. The predicted octanol–water partition coefficient (Wildman–Crippen LogP) is -6.59. The third-order valence-corrected chi connectivity index (χ3v) is 2.71. The zero-order valence-electron chi connectivity index (χ0n) is 11.3. The van der Waals surface area contributed by atoms with E-state index in [-0.39, 0.29) is 10.2 Å². The van der Waals surface area contributed by atoms with E-state index in [0.717, 1.165) is 16.9 Å². The second-order valence-corrected chi connectivity index (χ2v) is 6.65. The highest BCUT2D eigenvalue weighted by atomic mass is 35.5. The van der Waals surface area contributed by atoms with Gasteiger partial charge in [0.2, 0.25) is 5.28 Å². The van der Waals surface area contributed by atoms with Crippen LogP contribution in [0.1, 0.15) is 11.4 Å². The van der Waals surface area contributed by atoms with Gasteiger partial charge in [-0.05, 0) is 17.1 Å². The van der Waals surface area contributed by atoms with E-state index in [9.17, 15) is 0 Å². The van der Waals surface area contributed by atoms with Crippen molar-refractivity contribution < 1.29 is 0 Å². The van der Waals surface area contributed by atoms with Gasteiger partial charge < -0.3 is 0 Å². The first-order valence-electron chi connectivity index (χ1n) is 5.58. The van der Waals surface area contributed by atoms with Crippen molar-refractivity contribution in [1.29, 1.82) is 0 Å². The van der Waals surface area contributed by atoms with Crippen LogP contribution in [0, 0.1) is 0 Å². The van der Waals surface area contributed by atoms with Gasteiger partial charge in [-0.1, -0.05) is 10.2 Å². The van der Waals surface area contributed by atoms with E-state index in [1.807, 2.05) is 0 Å². The Labute approximate surface area is 109 Å². The Hall–Kier alpha value is -0.175. The van der Waals surface area contributed by atoms with Crippen molar-refractivity contribution in [3.8, 4) is 0 Å². The Morgan fingerprint density at radius 3 is 1.38 bits per heavy atom. The highest BCUT2D eigenvalue weighted by Crippen LogP contribution is 2.16. The molecular formula is C6H14B7ClN2. The third-order valence-electron chi connectivity index (χ3n) is 2.54. The van der Waals surface area contributed by atoms with Crippen LogP contribution in [0.25, 0.3) is 0 Å². The molecular weight excluding hydrogens is 211 g/mol. The number of hydrogen-bond acceptors (Lipinski definition) is 2. The van der Waals surface area contributed by atoms with Crippen LogP contribution in [-0.2, 0) is 10.2 Å². The lowest BCUT2D eigenvalue weighted by Gasteiger charge is -2.27. The van der Waals surface area contributed by atoms with E-state index in [1.54, 1.807) is 0 Å². The normalized spacial score (nSPS) is 12.6. The molecule has 1 rings (SSSR count). The molecule has 0 saturated carbocycles. The van der Waals surface area contributed by atoms with E-state index >= 15 is 0 Å². The molecule has 76 valence electrons. The Bertz CT molecular complexity index is 375. The smallest absolute Gasteiger partial charge is 0.222 e. The zero-order valence-corrected chi connectivity index (χ0v) is 12.0. The van der Waals surface area contributed by atoms with Gasteiger partial charge >= 0.3 is 0 Å². The van der Waals surface area contributed by atoms with Crippen LogP contribution in [0.15, 0.2) is 0 Å². The van der Waals surface area contributed by atoms with Gasteiger partial charge in [0.25, 0.3) is 0 Å². The summed E-state index contributed by atoms with van der Waals surface area (Å²) in [4.78, 5) is 8.74. The predicted molar refractivity (Wildman–Crippen MR) is 89.8 cm³/mol. The van der Waals surface area contributed by atoms with E-state index in [1.165, 1.54) is 0 Å². The van der Waals surface area contributed by atoms with Crippen LogP contribution in [0.3, 0.4) is 0 Å². The molecule has 0 atom stereocenters. The number of hydrogen-bond donors (Lipinski definition) is 0. The van der Waals surface area contributed by atoms with Gasteiger partial charge in [-0.3, -0.25) is 0 Å². The molecule has 10 heteroatoms. The van der Waals surface area contributed by atoms with Gasteiger partial charge in [-0.25, -0.2) is 9.97 Å². The lowest BCUT2D eigenvalue weighted by molar-refractivity contribution is 0.986. The highest BCUT2D eigenvalue weighted by Gasteiger charge is 2.26. The van der Waals surface area contributed by atoms with Crippen molar-refractivity contribution in [1.82, 2.24) is 9.97 Å². The largest absolute Gasteiger partial charge is 0.225 e. The maximum absolute atomic E-state index is 6.01. The van der Waals surface area contributed by atoms with Crippen molar-refractivity contribution in [3.05, 3.63) is 16.7 Å². The van der Waals surface area contributed by atoms with Crippen LogP contribution >= 0.6 is 11.6 Å². The molecule has 0 spiro atoms. The third kappa shape index (κ3) is 2.94. The summed E-state index contributed by atoms with van der Waals surface area (Å²) < 4.78 is 0. The summed E-state index contributed by atoms with van der Waals surface area (Å²) in [5.74, 6) is 0. The van der Waals surface area contributed by atoms with Crippen LogP contribution in [-0.4, -0.2) is 64.9 Å². The van der Waals surface area contributed by atoms with Crippen LogP contribution < -0.4 is 5.46 Å². The molecule has 0 aliphatic heterocycles. The van der Waals surface area contributed by atoms with Gasteiger partial charge in [0, 0.05) is 11.4 Å². The average molecular weight is 225 g/mol. The van der Waals surface area contributed by atoms with E-state index in [4.69, 9.17) is 11.6 Å². The van der Waals surface area contributed by atoms with Gasteiger partial charge in [0.1, 0.15) is 7.85 Å². The minimum Gasteiger partial charge on any atom is -0.225 e. The minimum absolute atomic E-state index is 0.00331. The van der Waals surface area contributed by atoms with Gasteiger partial charge in [0.05, 0.1) is 47.1 Å². The van der Waals surface area contributed by atoms with Gasteiger partial charge in [-0.15, -0.1) is 0 Å². The molecule has 0 saturated heterocycles. The lowest BCUT2D eigenvalue weighted by atomic mass is 9.37. The van der Waals surface area contributed by atoms with Crippen molar-refractivity contribution in [2.24, 2.45) is 0 Å². The zero-order chi connectivity index (χ0) is 12.7. The summed E-state index contributed by atoms with van der Waals surface area (Å²) in [5.41, 5.74) is 3.24. The van der Waals surface area contributed by atoms with Crippen molar-refractivity contribution in [2.75, 3.05) is 0 Å².